The van der Waals surface area contributed by atoms with Crippen molar-refractivity contribution in [1.82, 2.24) is 5.32 Å². The molecule has 0 saturated carbocycles. The van der Waals surface area contributed by atoms with Gasteiger partial charge in [0.25, 0.3) is 0 Å². The summed E-state index contributed by atoms with van der Waals surface area (Å²) >= 11 is 0. The van der Waals surface area contributed by atoms with Gasteiger partial charge >= 0.3 is 32.7 Å². The average molecular weight is 721 g/mol. The molecule has 0 bridgehead atoms. The van der Waals surface area contributed by atoms with Gasteiger partial charge in [0.15, 0.2) is 0 Å². The molecule has 0 radical (unpaired) electrons. The largest absolute Gasteiger partial charge is 3.00 e. The van der Waals surface area contributed by atoms with Crippen molar-refractivity contribution in [1.29, 1.82) is 0 Å². The Hall–Kier alpha value is -2.26. The fourth-order valence-corrected chi connectivity index (χ4v) is 2.99. The van der Waals surface area contributed by atoms with Crippen LogP contribution in [-0.2, 0) is 45.6 Å². The molecule has 0 heterocycles. The molecule has 0 aliphatic rings. The number of nitrogen functional groups attached to an aromatic ring is 1. The van der Waals surface area contributed by atoms with Gasteiger partial charge in [0, 0.05) is 5.69 Å². The summed E-state index contributed by atoms with van der Waals surface area (Å²) in [6.07, 6.45) is 1.88. The van der Waals surface area contributed by atoms with Gasteiger partial charge < -0.3 is 24.9 Å². The van der Waals surface area contributed by atoms with Gasteiger partial charge in [-0.25, -0.2) is 0 Å². The Morgan fingerprint density at radius 1 is 0.489 bits per heavy atom. The molecule has 0 unspecified atom stereocenters. The van der Waals surface area contributed by atoms with Gasteiger partial charge in [0.05, 0.1) is 0 Å². The molecule has 0 aromatic heterocycles. The zero-order valence-corrected chi connectivity index (χ0v) is 36.1. The molecule has 0 aliphatic carbocycles. The van der Waals surface area contributed by atoms with Crippen LogP contribution in [0.4, 0.5) is 5.69 Å². The maximum absolute atomic E-state index is 5.87. The van der Waals surface area contributed by atoms with E-state index in [0.717, 1.165) is 31.6 Å². The van der Waals surface area contributed by atoms with Gasteiger partial charge in [-0.05, 0) is 35.6 Å². The molecular weight excluding hydrogens is 645 g/mol. The van der Waals surface area contributed by atoms with Crippen LogP contribution < -0.4 is 11.1 Å². The van der Waals surface area contributed by atoms with E-state index in [2.05, 4.69) is 92.0 Å². The second kappa shape index (κ2) is 59.2. The van der Waals surface area contributed by atoms with Gasteiger partial charge in [-0.2, -0.15) is 35.9 Å². The topological polar surface area (TPSA) is 38.0 Å². The summed E-state index contributed by atoms with van der Waals surface area (Å²) in [5.41, 5.74) is 11.8. The van der Waals surface area contributed by atoms with E-state index in [4.69, 9.17) is 5.73 Å². The van der Waals surface area contributed by atoms with Crippen LogP contribution in [0, 0.1) is 19.9 Å². The van der Waals surface area contributed by atoms with Crippen LogP contribution in [0.2, 0.25) is 0 Å². The number of nitrogens with one attached hydrogen (secondary N) is 1. The van der Waals surface area contributed by atoms with Gasteiger partial charge in [-0.1, -0.05) is 176 Å². The first-order valence-electron chi connectivity index (χ1n) is 17.9. The molecule has 0 atom stereocenters. The molecule has 0 amide bonds. The predicted molar refractivity (Wildman–Crippen MR) is 218 cm³/mol. The first-order valence-corrected chi connectivity index (χ1v) is 17.9. The van der Waals surface area contributed by atoms with E-state index in [9.17, 15) is 0 Å². The molecule has 264 valence electrons. The van der Waals surface area contributed by atoms with Gasteiger partial charge in [0.1, 0.15) is 0 Å². The minimum atomic E-state index is 0. The summed E-state index contributed by atoms with van der Waals surface area (Å²) in [5, 5.41) is 2.89. The van der Waals surface area contributed by atoms with Crippen LogP contribution in [0.1, 0.15) is 119 Å². The molecule has 47 heavy (non-hydrogen) atoms. The Morgan fingerprint density at radius 3 is 1.19 bits per heavy atom. The minimum absolute atomic E-state index is 0. The molecule has 0 spiro atoms. The van der Waals surface area contributed by atoms with E-state index in [1.54, 1.807) is 0 Å². The van der Waals surface area contributed by atoms with E-state index in [1.807, 2.05) is 139 Å². The van der Waals surface area contributed by atoms with Crippen LogP contribution in [-0.4, -0.2) is 13.1 Å². The summed E-state index contributed by atoms with van der Waals surface area (Å²) in [6, 6.07) is 40.1. The molecule has 4 aromatic carbocycles. The fraction of sp³-hybridized carbons (Fsp3) is 0.409. The van der Waals surface area contributed by atoms with Crippen molar-refractivity contribution in [3.8, 4) is 0 Å². The van der Waals surface area contributed by atoms with E-state index in [-0.39, 0.29) is 32.7 Å². The molecule has 4 rings (SSSR count). The SMILES string of the molecule is CC.CC.CC.CC.CC.CC.CC.Nc1ccccc1Cc1ccccc1.[CH2-]CNC[CH2-].[Y+3].[c-]1ccccc1Cc1ccccc1. The van der Waals surface area contributed by atoms with E-state index in [0.29, 0.717) is 0 Å². The first-order chi connectivity index (χ1) is 22.7. The zero-order chi connectivity index (χ0) is 36.9. The number of nitrogens with two attached hydrogens (primary N) is 1. The maximum Gasteiger partial charge on any atom is 3.00 e. The molecule has 4 aromatic rings. The second-order valence-electron chi connectivity index (χ2n) is 7.16. The Balaban J connectivity index is -0.0000000894. The van der Waals surface area contributed by atoms with Crippen LogP contribution in [0.15, 0.2) is 109 Å². The van der Waals surface area contributed by atoms with Crippen LogP contribution in [0.3, 0.4) is 0 Å². The smallest absolute Gasteiger partial charge is 0.398 e. The third-order valence-electron chi connectivity index (χ3n) is 4.66. The fourth-order valence-electron chi connectivity index (χ4n) is 2.99. The Labute approximate surface area is 321 Å². The normalized spacial score (nSPS) is 7.49. The zero-order valence-electron chi connectivity index (χ0n) is 33.3. The number of anilines is 1. The summed E-state index contributed by atoms with van der Waals surface area (Å²) < 4.78 is 0. The van der Waals surface area contributed by atoms with Crippen LogP contribution in [0.25, 0.3) is 0 Å². The molecule has 0 saturated heterocycles. The average Bonchev–Trinajstić information content (AvgIpc) is 3.17. The van der Waals surface area contributed by atoms with Crippen molar-refractivity contribution < 1.29 is 32.7 Å². The van der Waals surface area contributed by atoms with Crippen molar-refractivity contribution >= 4 is 5.69 Å². The Bertz CT molecular complexity index is 936. The predicted octanol–water partition coefficient (Wildman–Crippen LogP) is 13.4. The number of hydrogen-bond donors (Lipinski definition) is 2. The maximum atomic E-state index is 5.87. The monoisotopic (exact) mass is 720 g/mol. The van der Waals surface area contributed by atoms with E-state index in [1.165, 1.54) is 22.3 Å². The molecule has 0 aliphatic heterocycles. The third-order valence-corrected chi connectivity index (χ3v) is 4.66. The molecule has 0 fully saturated rings. The van der Waals surface area contributed by atoms with Crippen molar-refractivity contribution in [3.05, 3.63) is 151 Å². The van der Waals surface area contributed by atoms with Crippen LogP contribution in [0.5, 0.6) is 0 Å². The molecule has 2 nitrogen and oxygen atoms in total. The summed E-state index contributed by atoms with van der Waals surface area (Å²) in [6.45, 7) is 36.6. The molecule has 3 heteroatoms. The minimum Gasteiger partial charge on any atom is -0.398 e. The quantitative estimate of drug-likeness (QED) is 0.154. The Morgan fingerprint density at radius 2 is 0.851 bits per heavy atom. The van der Waals surface area contributed by atoms with Crippen molar-refractivity contribution in [2.24, 2.45) is 0 Å². The van der Waals surface area contributed by atoms with Crippen molar-refractivity contribution in [2.75, 3.05) is 18.8 Å². The van der Waals surface area contributed by atoms with E-state index < -0.39 is 0 Å². The van der Waals surface area contributed by atoms with Crippen molar-refractivity contribution in [3.63, 3.8) is 0 Å². The van der Waals surface area contributed by atoms with Gasteiger partial charge in [-0.3, -0.25) is 0 Å². The number of rotatable bonds is 6. The van der Waals surface area contributed by atoms with Crippen molar-refractivity contribution in [2.45, 2.75) is 110 Å². The van der Waals surface area contributed by atoms with Crippen LogP contribution >= 0.6 is 0 Å². The number of hydrogen-bond acceptors (Lipinski definition) is 2. The summed E-state index contributed by atoms with van der Waals surface area (Å²) in [4.78, 5) is 0. The molecular formula is C44H75N2Y. The summed E-state index contributed by atoms with van der Waals surface area (Å²) in [7, 11) is 0. The summed E-state index contributed by atoms with van der Waals surface area (Å²) in [5.74, 6) is 0. The first kappa shape index (κ1) is 60.1. The van der Waals surface area contributed by atoms with E-state index >= 15 is 0 Å². The third kappa shape index (κ3) is 41.7. The molecule has 3 N–H and O–H groups in total. The number of benzene rings is 4. The second-order valence-corrected chi connectivity index (χ2v) is 7.16. The standard InChI is InChI=1S/C13H13N.C13H11.C4H9N.7C2H6.Y/c14-13-9-5-4-8-12(13)10-11-6-2-1-3-7-11;1-3-7-12(8-4-1)11-13-9-5-2-6-10-13;1-3-5-4-2;7*1-2;/h1-9H,10,14H2;1-9H,11H2;5H,1-4H2;7*1-2H3;/q;-1;-2;;;;;;;;+3. The van der Waals surface area contributed by atoms with Gasteiger partial charge in [0.2, 0.25) is 0 Å². The number of para-hydroxylation sites is 1. The Kier molecular flexibility index (Phi) is 75.7. The van der Waals surface area contributed by atoms with Gasteiger partial charge in [-0.15, -0.1) is 13.1 Å².